The first-order valence-electron chi connectivity index (χ1n) is 9.58. The molecule has 0 bridgehead atoms. The highest BCUT2D eigenvalue weighted by Gasteiger charge is 2.05. The Balaban J connectivity index is 1.61. The van der Waals surface area contributed by atoms with Crippen molar-refractivity contribution in [3.05, 3.63) is 70.6 Å². The fraction of sp³-hybridized carbons (Fsp3) is 0.348. The van der Waals surface area contributed by atoms with Gasteiger partial charge in [0.15, 0.2) is 0 Å². The van der Waals surface area contributed by atoms with Crippen LogP contribution in [-0.2, 0) is 13.0 Å². The highest BCUT2D eigenvalue weighted by atomic mass is 16.5. The molecule has 0 radical (unpaired) electrons. The number of nitrogens with zero attached hydrogens (tertiary/aromatic N) is 1. The molecule has 0 aliphatic heterocycles. The highest BCUT2D eigenvalue weighted by molar-refractivity contribution is 5.82. The number of aromatic nitrogens is 1. The zero-order valence-corrected chi connectivity index (χ0v) is 16.3. The first-order chi connectivity index (χ1) is 13.1. The van der Waals surface area contributed by atoms with Crippen molar-refractivity contribution in [2.75, 3.05) is 6.61 Å². The number of pyridine rings is 1. The van der Waals surface area contributed by atoms with Crippen molar-refractivity contribution in [1.82, 2.24) is 4.57 Å². The third kappa shape index (κ3) is 4.91. The Bertz CT molecular complexity index is 942. The van der Waals surface area contributed by atoms with Crippen LogP contribution >= 0.6 is 0 Å². The van der Waals surface area contributed by atoms with E-state index in [4.69, 9.17) is 9.47 Å². The summed E-state index contributed by atoms with van der Waals surface area (Å²) in [4.78, 5) is 12.7. The van der Waals surface area contributed by atoms with Gasteiger partial charge in [-0.05, 0) is 74.0 Å². The van der Waals surface area contributed by atoms with Crippen molar-refractivity contribution in [3.63, 3.8) is 0 Å². The second kappa shape index (κ2) is 8.76. The topological polar surface area (TPSA) is 40.5 Å². The van der Waals surface area contributed by atoms with Crippen molar-refractivity contribution in [2.45, 2.75) is 46.3 Å². The Kier molecular flexibility index (Phi) is 6.17. The molecule has 0 spiro atoms. The molecule has 4 nitrogen and oxygen atoms in total. The van der Waals surface area contributed by atoms with Crippen LogP contribution in [0.15, 0.2) is 59.5 Å². The molecule has 0 N–H and O–H groups in total. The van der Waals surface area contributed by atoms with Crippen LogP contribution in [0.3, 0.4) is 0 Å². The largest absolute Gasteiger partial charge is 0.494 e. The summed E-state index contributed by atoms with van der Waals surface area (Å²) >= 11 is 0. The average molecular weight is 365 g/mol. The van der Waals surface area contributed by atoms with Gasteiger partial charge in [0.25, 0.3) is 5.56 Å². The van der Waals surface area contributed by atoms with Crippen molar-refractivity contribution < 1.29 is 9.47 Å². The fourth-order valence-corrected chi connectivity index (χ4v) is 3.03. The van der Waals surface area contributed by atoms with Crippen molar-refractivity contribution in [1.29, 1.82) is 0 Å². The van der Waals surface area contributed by atoms with Crippen LogP contribution in [0.5, 0.6) is 11.5 Å². The van der Waals surface area contributed by atoms with Gasteiger partial charge >= 0.3 is 0 Å². The van der Waals surface area contributed by atoms with Crippen LogP contribution in [0.1, 0.15) is 32.8 Å². The summed E-state index contributed by atoms with van der Waals surface area (Å²) in [5.74, 6) is 1.66. The molecule has 0 aliphatic carbocycles. The molecule has 0 atom stereocenters. The Labute approximate surface area is 160 Å². The number of rotatable bonds is 8. The third-order valence-corrected chi connectivity index (χ3v) is 4.46. The van der Waals surface area contributed by atoms with E-state index in [-0.39, 0.29) is 11.7 Å². The van der Waals surface area contributed by atoms with Crippen molar-refractivity contribution >= 4 is 10.8 Å². The molecule has 0 amide bonds. The summed E-state index contributed by atoms with van der Waals surface area (Å²) in [7, 11) is 0. The lowest BCUT2D eigenvalue weighted by Gasteiger charge is -2.12. The molecule has 0 fully saturated rings. The molecule has 0 saturated carbocycles. The summed E-state index contributed by atoms with van der Waals surface area (Å²) in [6.45, 7) is 7.32. The molecular formula is C23H27NO3. The normalized spacial score (nSPS) is 11.1. The standard InChI is InChI=1S/C23H27NO3/c1-4-18-6-8-20(9-7-18)26-15-5-13-24-14-12-19-16-21(27-17(2)3)10-11-22(19)23(24)25/h6-12,14,16-17H,4-5,13,15H2,1-3H3. The second-order valence-electron chi connectivity index (χ2n) is 6.93. The molecule has 0 aliphatic rings. The highest BCUT2D eigenvalue weighted by Crippen LogP contribution is 2.19. The smallest absolute Gasteiger partial charge is 0.258 e. The van der Waals surface area contributed by atoms with E-state index in [1.54, 1.807) is 4.57 Å². The van der Waals surface area contributed by atoms with E-state index >= 15 is 0 Å². The molecule has 4 heteroatoms. The second-order valence-corrected chi connectivity index (χ2v) is 6.93. The maximum atomic E-state index is 12.7. The van der Waals surface area contributed by atoms with E-state index in [1.807, 2.05) is 56.4 Å². The quantitative estimate of drug-likeness (QED) is 0.537. The van der Waals surface area contributed by atoms with Gasteiger partial charge in [-0.1, -0.05) is 19.1 Å². The van der Waals surface area contributed by atoms with Gasteiger partial charge in [0.1, 0.15) is 11.5 Å². The number of ether oxygens (including phenoxy) is 2. The molecule has 27 heavy (non-hydrogen) atoms. The number of aryl methyl sites for hydroxylation is 2. The molecule has 0 unspecified atom stereocenters. The van der Waals surface area contributed by atoms with Crippen LogP contribution < -0.4 is 15.0 Å². The maximum Gasteiger partial charge on any atom is 0.258 e. The van der Waals surface area contributed by atoms with E-state index in [1.165, 1.54) is 5.56 Å². The van der Waals surface area contributed by atoms with Gasteiger partial charge in [-0.2, -0.15) is 0 Å². The van der Waals surface area contributed by atoms with Gasteiger partial charge in [0.05, 0.1) is 12.7 Å². The Morgan fingerprint density at radius 1 is 1.00 bits per heavy atom. The van der Waals surface area contributed by atoms with Gasteiger partial charge in [0.2, 0.25) is 0 Å². The van der Waals surface area contributed by atoms with Gasteiger partial charge in [0, 0.05) is 18.1 Å². The molecule has 3 aromatic rings. The fourth-order valence-electron chi connectivity index (χ4n) is 3.03. The van der Waals surface area contributed by atoms with E-state index in [9.17, 15) is 4.79 Å². The maximum absolute atomic E-state index is 12.7. The van der Waals surface area contributed by atoms with Gasteiger partial charge in [-0.3, -0.25) is 4.79 Å². The zero-order chi connectivity index (χ0) is 19.2. The molecular weight excluding hydrogens is 338 g/mol. The predicted octanol–water partition coefficient (Wildman–Crippen LogP) is 4.82. The summed E-state index contributed by atoms with van der Waals surface area (Å²) < 4.78 is 13.2. The Hall–Kier alpha value is -2.75. The van der Waals surface area contributed by atoms with Gasteiger partial charge in [-0.25, -0.2) is 0 Å². The van der Waals surface area contributed by atoms with Gasteiger partial charge < -0.3 is 14.0 Å². The monoisotopic (exact) mass is 365 g/mol. The molecule has 1 heterocycles. The van der Waals surface area contributed by atoms with E-state index in [0.717, 1.165) is 29.7 Å². The van der Waals surface area contributed by atoms with E-state index in [2.05, 4.69) is 19.1 Å². The minimum absolute atomic E-state index is 0.0240. The summed E-state index contributed by atoms with van der Waals surface area (Å²) in [5.41, 5.74) is 1.32. The summed E-state index contributed by atoms with van der Waals surface area (Å²) in [6.07, 6.45) is 3.76. The summed E-state index contributed by atoms with van der Waals surface area (Å²) in [6, 6.07) is 15.8. The summed E-state index contributed by atoms with van der Waals surface area (Å²) in [5, 5.41) is 1.62. The van der Waals surface area contributed by atoms with Crippen LogP contribution in [0.2, 0.25) is 0 Å². The first kappa shape index (κ1) is 19.0. The number of hydrogen-bond donors (Lipinski definition) is 0. The Morgan fingerprint density at radius 2 is 1.74 bits per heavy atom. The number of fused-ring (bicyclic) bond motifs is 1. The molecule has 1 aromatic heterocycles. The van der Waals surface area contributed by atoms with Crippen molar-refractivity contribution in [3.8, 4) is 11.5 Å². The van der Waals surface area contributed by atoms with Crippen LogP contribution in [0, 0.1) is 0 Å². The van der Waals surface area contributed by atoms with Crippen LogP contribution in [-0.4, -0.2) is 17.3 Å². The molecule has 0 saturated heterocycles. The predicted molar refractivity (Wildman–Crippen MR) is 110 cm³/mol. The van der Waals surface area contributed by atoms with Gasteiger partial charge in [-0.15, -0.1) is 0 Å². The lowest BCUT2D eigenvalue weighted by molar-refractivity contribution is 0.243. The Morgan fingerprint density at radius 3 is 2.44 bits per heavy atom. The minimum Gasteiger partial charge on any atom is -0.494 e. The van der Waals surface area contributed by atoms with Crippen molar-refractivity contribution in [2.24, 2.45) is 0 Å². The molecule has 2 aromatic carbocycles. The molecule has 142 valence electrons. The third-order valence-electron chi connectivity index (χ3n) is 4.46. The van der Waals surface area contributed by atoms with Crippen LogP contribution in [0.25, 0.3) is 10.8 Å². The van der Waals surface area contributed by atoms with E-state index in [0.29, 0.717) is 18.5 Å². The lowest BCUT2D eigenvalue weighted by Crippen LogP contribution is -2.20. The SMILES string of the molecule is CCc1ccc(OCCCn2ccc3cc(OC(C)C)ccc3c2=O)cc1. The van der Waals surface area contributed by atoms with Crippen LogP contribution in [0.4, 0.5) is 0 Å². The van der Waals surface area contributed by atoms with E-state index < -0.39 is 0 Å². The first-order valence-corrected chi connectivity index (χ1v) is 9.58. The number of hydrogen-bond acceptors (Lipinski definition) is 3. The lowest BCUT2D eigenvalue weighted by atomic mass is 10.1. The average Bonchev–Trinajstić information content (AvgIpc) is 2.66. The zero-order valence-electron chi connectivity index (χ0n) is 16.3. The minimum atomic E-state index is 0.0240. The molecule has 3 rings (SSSR count). The number of benzene rings is 2.